The Morgan fingerprint density at radius 2 is 1.89 bits per heavy atom. The van der Waals surface area contributed by atoms with Crippen molar-refractivity contribution >= 4 is 17.7 Å². The smallest absolute Gasteiger partial charge is 0.236 e. The Morgan fingerprint density at radius 1 is 1.21 bits per heavy atom. The van der Waals surface area contributed by atoms with Crippen LogP contribution in [0, 0.1) is 5.92 Å². The lowest BCUT2D eigenvalue weighted by Crippen LogP contribution is -2.43. The van der Waals surface area contributed by atoms with Crippen LogP contribution in [0.3, 0.4) is 0 Å². The van der Waals surface area contributed by atoms with E-state index in [0.29, 0.717) is 5.92 Å². The van der Waals surface area contributed by atoms with Crippen molar-refractivity contribution in [2.45, 2.75) is 31.7 Å². The van der Waals surface area contributed by atoms with Crippen molar-refractivity contribution in [2.24, 2.45) is 5.92 Å². The van der Waals surface area contributed by atoms with Crippen molar-refractivity contribution in [3.63, 3.8) is 0 Å². The van der Waals surface area contributed by atoms with Crippen LogP contribution in [0.4, 0.5) is 0 Å². The average Bonchev–Trinajstić information content (AvgIpc) is 2.41. The highest BCUT2D eigenvalue weighted by atomic mass is 32.2. The van der Waals surface area contributed by atoms with Gasteiger partial charge in [0.1, 0.15) is 0 Å². The molecule has 0 saturated carbocycles. The Labute approximate surface area is 120 Å². The number of hydrogen-bond donors (Lipinski definition) is 2. The van der Waals surface area contributed by atoms with Gasteiger partial charge in [0.25, 0.3) is 0 Å². The first kappa shape index (κ1) is 16.1. The molecule has 1 unspecified atom stereocenters. The Kier molecular flexibility index (Phi) is 7.60. The van der Waals surface area contributed by atoms with Crippen molar-refractivity contribution in [3.8, 4) is 0 Å². The molecule has 4 heteroatoms. The summed E-state index contributed by atoms with van der Waals surface area (Å²) in [5.74, 6) is 1.54. The molecule has 0 bridgehead atoms. The summed E-state index contributed by atoms with van der Waals surface area (Å²) < 4.78 is 0. The number of rotatable bonds is 8. The van der Waals surface area contributed by atoms with Gasteiger partial charge >= 0.3 is 0 Å². The fourth-order valence-corrected chi connectivity index (χ4v) is 2.32. The van der Waals surface area contributed by atoms with Gasteiger partial charge in [0, 0.05) is 23.7 Å². The second-order valence-corrected chi connectivity index (χ2v) is 6.14. The largest absolute Gasteiger partial charge is 0.354 e. The maximum absolute atomic E-state index is 11.7. The van der Waals surface area contributed by atoms with Crippen LogP contribution in [0.15, 0.2) is 35.2 Å². The highest BCUT2D eigenvalue weighted by Gasteiger charge is 2.11. The molecule has 0 spiro atoms. The molecule has 1 amide bonds. The fraction of sp³-hybridized carbons (Fsp3) is 0.533. The average molecular weight is 280 g/mol. The number of hydrogen-bond acceptors (Lipinski definition) is 3. The maximum atomic E-state index is 11.7. The van der Waals surface area contributed by atoms with Crippen molar-refractivity contribution < 1.29 is 4.79 Å². The van der Waals surface area contributed by atoms with E-state index in [1.54, 1.807) is 11.8 Å². The molecule has 0 aliphatic carbocycles. The normalized spacial score (nSPS) is 12.4. The number of benzene rings is 1. The van der Waals surface area contributed by atoms with Gasteiger partial charge in [0.15, 0.2) is 0 Å². The first-order valence-corrected chi connectivity index (χ1v) is 7.77. The zero-order chi connectivity index (χ0) is 14.1. The minimum absolute atomic E-state index is 0.0819. The molecule has 106 valence electrons. The minimum Gasteiger partial charge on any atom is -0.354 e. The summed E-state index contributed by atoms with van der Waals surface area (Å²) in [5, 5.41) is 6.18. The summed E-state index contributed by atoms with van der Waals surface area (Å²) in [6.07, 6.45) is 0. The summed E-state index contributed by atoms with van der Waals surface area (Å²) in [4.78, 5) is 13.0. The first-order valence-electron chi connectivity index (χ1n) is 6.78. The molecule has 0 aromatic heterocycles. The lowest BCUT2D eigenvalue weighted by molar-refractivity contribution is -0.122. The number of amides is 1. The lowest BCUT2D eigenvalue weighted by atomic mass is 10.2. The molecule has 1 aromatic carbocycles. The summed E-state index contributed by atoms with van der Waals surface area (Å²) >= 11 is 1.80. The zero-order valence-corrected chi connectivity index (χ0v) is 12.8. The summed E-state index contributed by atoms with van der Waals surface area (Å²) in [6, 6.07) is 10.2. The van der Waals surface area contributed by atoms with E-state index in [1.165, 1.54) is 4.90 Å². The van der Waals surface area contributed by atoms with E-state index in [0.717, 1.165) is 18.8 Å². The molecule has 0 heterocycles. The van der Waals surface area contributed by atoms with E-state index >= 15 is 0 Å². The highest BCUT2D eigenvalue weighted by molar-refractivity contribution is 7.99. The highest BCUT2D eigenvalue weighted by Crippen LogP contribution is 2.15. The fourth-order valence-electron chi connectivity index (χ4n) is 1.51. The predicted octanol–water partition coefficient (Wildman–Crippen LogP) is 2.53. The summed E-state index contributed by atoms with van der Waals surface area (Å²) in [5.41, 5.74) is 0. The van der Waals surface area contributed by atoms with Crippen LogP contribution in [0.5, 0.6) is 0 Å². The Morgan fingerprint density at radius 3 is 2.53 bits per heavy atom. The van der Waals surface area contributed by atoms with E-state index in [4.69, 9.17) is 0 Å². The monoisotopic (exact) mass is 280 g/mol. The molecular formula is C15H24N2OS. The van der Waals surface area contributed by atoms with Crippen LogP contribution in [-0.4, -0.2) is 30.8 Å². The molecule has 3 nitrogen and oxygen atoms in total. The number of carbonyl (C=O) groups is 1. The molecule has 2 N–H and O–H groups in total. The van der Waals surface area contributed by atoms with Crippen LogP contribution >= 0.6 is 11.8 Å². The Hall–Kier alpha value is -1.00. The molecule has 19 heavy (non-hydrogen) atoms. The molecule has 0 aliphatic rings. The van der Waals surface area contributed by atoms with E-state index in [-0.39, 0.29) is 11.9 Å². The molecule has 1 rings (SSSR count). The third-order valence-electron chi connectivity index (χ3n) is 2.64. The first-order chi connectivity index (χ1) is 9.09. The second kappa shape index (κ2) is 8.99. The molecular weight excluding hydrogens is 256 g/mol. The molecule has 0 aliphatic heterocycles. The topological polar surface area (TPSA) is 41.1 Å². The molecule has 1 atom stereocenters. The standard InChI is InChI=1S/C15H24N2OS/c1-12(2)11-17-15(18)13(3)16-9-10-19-14-7-5-4-6-8-14/h4-8,12-13,16H,9-11H2,1-3H3,(H,17,18). The van der Waals surface area contributed by atoms with Crippen LogP contribution in [0.2, 0.25) is 0 Å². The van der Waals surface area contributed by atoms with Gasteiger partial charge in [-0.05, 0) is 25.0 Å². The molecule has 0 radical (unpaired) electrons. The van der Waals surface area contributed by atoms with Crippen molar-refractivity contribution in [1.29, 1.82) is 0 Å². The van der Waals surface area contributed by atoms with Crippen LogP contribution in [0.25, 0.3) is 0 Å². The Balaban J connectivity index is 2.13. The predicted molar refractivity (Wildman–Crippen MR) is 82.5 cm³/mol. The summed E-state index contributed by atoms with van der Waals surface area (Å²) in [7, 11) is 0. The van der Waals surface area contributed by atoms with E-state index in [1.807, 2.05) is 25.1 Å². The van der Waals surface area contributed by atoms with E-state index < -0.39 is 0 Å². The van der Waals surface area contributed by atoms with Crippen LogP contribution < -0.4 is 10.6 Å². The van der Waals surface area contributed by atoms with Gasteiger partial charge in [0.2, 0.25) is 5.91 Å². The number of nitrogens with one attached hydrogen (secondary N) is 2. The number of carbonyl (C=O) groups excluding carboxylic acids is 1. The van der Waals surface area contributed by atoms with Gasteiger partial charge in [-0.2, -0.15) is 0 Å². The molecule has 0 fully saturated rings. The van der Waals surface area contributed by atoms with Crippen molar-refractivity contribution in [3.05, 3.63) is 30.3 Å². The van der Waals surface area contributed by atoms with E-state index in [2.05, 4.69) is 36.6 Å². The van der Waals surface area contributed by atoms with Crippen LogP contribution in [-0.2, 0) is 4.79 Å². The van der Waals surface area contributed by atoms with Gasteiger partial charge in [-0.15, -0.1) is 11.8 Å². The van der Waals surface area contributed by atoms with E-state index in [9.17, 15) is 4.79 Å². The van der Waals surface area contributed by atoms with Gasteiger partial charge in [-0.25, -0.2) is 0 Å². The maximum Gasteiger partial charge on any atom is 0.236 e. The minimum atomic E-state index is -0.130. The van der Waals surface area contributed by atoms with Gasteiger partial charge in [-0.3, -0.25) is 4.79 Å². The van der Waals surface area contributed by atoms with Crippen LogP contribution in [0.1, 0.15) is 20.8 Å². The quantitative estimate of drug-likeness (QED) is 0.568. The molecule has 0 saturated heterocycles. The third kappa shape index (κ3) is 7.23. The second-order valence-electron chi connectivity index (χ2n) is 4.98. The molecule has 1 aromatic rings. The SMILES string of the molecule is CC(C)CNC(=O)C(C)NCCSc1ccccc1. The Bertz CT molecular complexity index is 368. The third-order valence-corrected chi connectivity index (χ3v) is 3.66. The van der Waals surface area contributed by atoms with Gasteiger partial charge < -0.3 is 10.6 Å². The summed E-state index contributed by atoms with van der Waals surface area (Å²) in [6.45, 7) is 7.66. The van der Waals surface area contributed by atoms with Gasteiger partial charge in [-0.1, -0.05) is 32.0 Å². The zero-order valence-electron chi connectivity index (χ0n) is 12.0. The number of thioether (sulfide) groups is 1. The lowest BCUT2D eigenvalue weighted by Gasteiger charge is -2.15. The van der Waals surface area contributed by atoms with Crippen molar-refractivity contribution in [1.82, 2.24) is 10.6 Å². The van der Waals surface area contributed by atoms with Crippen molar-refractivity contribution in [2.75, 3.05) is 18.8 Å². The van der Waals surface area contributed by atoms with Gasteiger partial charge in [0.05, 0.1) is 6.04 Å².